The smallest absolute Gasteiger partial charge is 0.257 e. The van der Waals surface area contributed by atoms with Crippen molar-refractivity contribution in [3.63, 3.8) is 0 Å². The minimum atomic E-state index is -0.199. The monoisotopic (exact) mass is 399 g/mol. The van der Waals surface area contributed by atoms with Gasteiger partial charge in [0.25, 0.3) is 5.91 Å². The summed E-state index contributed by atoms with van der Waals surface area (Å²) in [6.45, 7) is 1.42. The third-order valence-electron chi connectivity index (χ3n) is 4.68. The Morgan fingerprint density at radius 1 is 1.16 bits per heavy atom. The number of benzene rings is 1. The van der Waals surface area contributed by atoms with Crippen LogP contribution in [0.15, 0.2) is 41.1 Å². The van der Waals surface area contributed by atoms with Gasteiger partial charge in [0, 0.05) is 41.6 Å². The molecule has 2 aromatic rings. The number of fused-ring (bicyclic) bond motifs is 1. The van der Waals surface area contributed by atoms with E-state index >= 15 is 0 Å². The third kappa shape index (κ3) is 3.58. The molecule has 0 radical (unpaired) electrons. The molecule has 25 heavy (non-hydrogen) atoms. The molecule has 0 spiro atoms. The lowest BCUT2D eigenvalue weighted by Gasteiger charge is -2.29. The van der Waals surface area contributed by atoms with Crippen molar-refractivity contribution in [2.45, 2.75) is 25.8 Å². The average molecular weight is 400 g/mol. The van der Waals surface area contributed by atoms with Gasteiger partial charge in [-0.05, 0) is 64.5 Å². The topological polar surface area (TPSA) is 62.3 Å². The van der Waals surface area contributed by atoms with E-state index < -0.39 is 0 Å². The van der Waals surface area contributed by atoms with Crippen LogP contribution in [0.25, 0.3) is 0 Å². The van der Waals surface area contributed by atoms with Crippen LogP contribution < -0.4 is 5.32 Å². The first-order chi connectivity index (χ1) is 12.1. The zero-order valence-electron chi connectivity index (χ0n) is 13.7. The number of rotatable bonds is 3. The molecule has 1 aliphatic carbocycles. The quantitative estimate of drug-likeness (QED) is 0.859. The van der Waals surface area contributed by atoms with Gasteiger partial charge in [-0.1, -0.05) is 6.07 Å². The molecule has 5 nitrogen and oxygen atoms in total. The average Bonchev–Trinajstić information content (AvgIpc) is 3.45. The molecule has 128 valence electrons. The second-order valence-electron chi connectivity index (χ2n) is 6.61. The normalized spacial score (nSPS) is 16.3. The number of hydrogen-bond donors (Lipinski definition) is 1. The minimum Gasteiger partial charge on any atom is -0.338 e. The maximum Gasteiger partial charge on any atom is 0.257 e. The molecule has 4 rings (SSSR count). The van der Waals surface area contributed by atoms with Gasteiger partial charge < -0.3 is 10.2 Å². The van der Waals surface area contributed by atoms with Gasteiger partial charge in [-0.3, -0.25) is 14.6 Å². The van der Waals surface area contributed by atoms with E-state index in [0.29, 0.717) is 12.1 Å². The highest BCUT2D eigenvalue weighted by Crippen LogP contribution is 2.33. The Morgan fingerprint density at radius 2 is 2.00 bits per heavy atom. The lowest BCUT2D eigenvalue weighted by atomic mass is 9.98. The van der Waals surface area contributed by atoms with Gasteiger partial charge in [-0.15, -0.1) is 0 Å². The molecule has 6 heteroatoms. The van der Waals surface area contributed by atoms with Crippen LogP contribution in [-0.4, -0.2) is 28.2 Å². The van der Waals surface area contributed by atoms with Gasteiger partial charge in [0.15, 0.2) is 0 Å². The van der Waals surface area contributed by atoms with Crippen LogP contribution in [0.1, 0.15) is 34.3 Å². The lowest BCUT2D eigenvalue weighted by molar-refractivity contribution is -0.133. The van der Waals surface area contributed by atoms with Crippen molar-refractivity contribution in [2.24, 2.45) is 5.92 Å². The number of anilines is 1. The van der Waals surface area contributed by atoms with Crippen LogP contribution in [0.4, 0.5) is 5.69 Å². The molecule has 0 atom stereocenters. The zero-order valence-corrected chi connectivity index (χ0v) is 15.3. The third-order valence-corrected chi connectivity index (χ3v) is 5.12. The van der Waals surface area contributed by atoms with Crippen molar-refractivity contribution >= 4 is 33.4 Å². The number of carbonyl (C=O) groups excluding carboxylic acids is 2. The second-order valence-corrected chi connectivity index (χ2v) is 7.53. The molecular weight excluding hydrogens is 382 g/mol. The van der Waals surface area contributed by atoms with Crippen molar-refractivity contribution in [2.75, 3.05) is 11.9 Å². The summed E-state index contributed by atoms with van der Waals surface area (Å²) in [5, 5.41) is 2.91. The van der Waals surface area contributed by atoms with Crippen molar-refractivity contribution < 1.29 is 9.59 Å². The SMILES string of the molecule is O=C(Nc1ccc2c(c1)CN(C(=O)C1CC1)CC2)c1cncc(Br)c1. The number of aromatic nitrogens is 1. The summed E-state index contributed by atoms with van der Waals surface area (Å²) in [4.78, 5) is 30.6. The molecule has 1 aliphatic heterocycles. The molecule has 2 heterocycles. The molecule has 1 aromatic carbocycles. The number of amides is 2. The molecule has 2 aliphatic rings. The minimum absolute atomic E-state index is 0.199. The van der Waals surface area contributed by atoms with Crippen molar-refractivity contribution in [3.8, 4) is 0 Å². The molecule has 0 bridgehead atoms. The first kappa shape index (κ1) is 16.3. The summed E-state index contributed by atoms with van der Waals surface area (Å²) < 4.78 is 0.764. The van der Waals surface area contributed by atoms with E-state index in [4.69, 9.17) is 0 Å². The van der Waals surface area contributed by atoms with Gasteiger partial charge in [-0.25, -0.2) is 0 Å². The van der Waals surface area contributed by atoms with Crippen molar-refractivity contribution in [3.05, 3.63) is 57.8 Å². The highest BCUT2D eigenvalue weighted by atomic mass is 79.9. The van der Waals surface area contributed by atoms with Gasteiger partial charge in [0.2, 0.25) is 5.91 Å². The van der Waals surface area contributed by atoms with Crippen molar-refractivity contribution in [1.29, 1.82) is 0 Å². The predicted octanol–water partition coefficient (Wildman–Crippen LogP) is 3.39. The van der Waals surface area contributed by atoms with Crippen LogP contribution in [0.3, 0.4) is 0 Å². The molecule has 2 amide bonds. The molecule has 1 aromatic heterocycles. The summed E-state index contributed by atoms with van der Waals surface area (Å²) in [5.41, 5.74) is 3.61. The number of nitrogens with one attached hydrogen (secondary N) is 1. The van der Waals surface area contributed by atoms with Crippen molar-refractivity contribution in [1.82, 2.24) is 9.88 Å². The Kier molecular flexibility index (Phi) is 4.29. The number of nitrogens with zero attached hydrogens (tertiary/aromatic N) is 2. The molecule has 0 saturated heterocycles. The zero-order chi connectivity index (χ0) is 17.4. The van der Waals surface area contributed by atoms with E-state index in [1.165, 1.54) is 11.8 Å². The molecule has 0 unspecified atom stereocenters. The standard InChI is InChI=1S/C19H18BrN3O2/c20-16-7-14(9-21-10-16)18(24)22-17-4-3-12-5-6-23(11-15(12)8-17)19(25)13-1-2-13/h3-4,7-10,13H,1-2,5-6,11H2,(H,22,24). The number of carbonyl (C=O) groups is 2. The molecule has 1 N–H and O–H groups in total. The summed E-state index contributed by atoms with van der Waals surface area (Å²) in [6, 6.07) is 7.67. The van der Waals surface area contributed by atoms with E-state index in [2.05, 4.69) is 26.2 Å². The van der Waals surface area contributed by atoms with Crippen LogP contribution in [0.5, 0.6) is 0 Å². The first-order valence-electron chi connectivity index (χ1n) is 8.42. The summed E-state index contributed by atoms with van der Waals surface area (Å²) in [7, 11) is 0. The molecule has 1 fully saturated rings. The summed E-state index contributed by atoms with van der Waals surface area (Å²) in [5.74, 6) is 0.323. The maximum absolute atomic E-state index is 12.4. The van der Waals surface area contributed by atoms with Gasteiger partial charge in [0.05, 0.1) is 5.56 Å². The fourth-order valence-corrected chi connectivity index (χ4v) is 3.52. The Hall–Kier alpha value is -2.21. The van der Waals surface area contributed by atoms with E-state index in [9.17, 15) is 9.59 Å². The Labute approximate surface area is 154 Å². The Balaban J connectivity index is 1.50. The lowest BCUT2D eigenvalue weighted by Crippen LogP contribution is -2.36. The van der Waals surface area contributed by atoms with E-state index in [1.54, 1.807) is 12.3 Å². The Morgan fingerprint density at radius 3 is 2.76 bits per heavy atom. The van der Waals surface area contributed by atoms with Crippen LogP contribution >= 0.6 is 15.9 Å². The molecular formula is C19H18BrN3O2. The van der Waals surface area contributed by atoms with E-state index in [-0.39, 0.29) is 17.7 Å². The first-order valence-corrected chi connectivity index (χ1v) is 9.22. The van der Waals surface area contributed by atoms with E-state index in [0.717, 1.165) is 41.5 Å². The van der Waals surface area contributed by atoms with E-state index in [1.807, 2.05) is 23.1 Å². The molecule has 1 saturated carbocycles. The predicted molar refractivity (Wildman–Crippen MR) is 98.2 cm³/mol. The number of hydrogen-bond acceptors (Lipinski definition) is 3. The summed E-state index contributed by atoms with van der Waals surface area (Å²) >= 11 is 3.32. The Bertz CT molecular complexity index is 848. The maximum atomic E-state index is 12.4. The highest BCUT2D eigenvalue weighted by molar-refractivity contribution is 9.10. The number of halogens is 1. The van der Waals surface area contributed by atoms with Crippen LogP contribution in [0.2, 0.25) is 0 Å². The number of pyridine rings is 1. The second kappa shape index (κ2) is 6.59. The fourth-order valence-electron chi connectivity index (χ4n) is 3.15. The van der Waals surface area contributed by atoms with Gasteiger partial charge in [0.1, 0.15) is 0 Å². The van der Waals surface area contributed by atoms with Crippen LogP contribution in [0, 0.1) is 5.92 Å². The largest absolute Gasteiger partial charge is 0.338 e. The summed E-state index contributed by atoms with van der Waals surface area (Å²) in [6.07, 6.45) is 6.10. The fraction of sp³-hybridized carbons (Fsp3) is 0.316. The van der Waals surface area contributed by atoms with Crippen LogP contribution in [-0.2, 0) is 17.8 Å². The van der Waals surface area contributed by atoms with Gasteiger partial charge in [-0.2, -0.15) is 0 Å². The van der Waals surface area contributed by atoms with Gasteiger partial charge >= 0.3 is 0 Å². The highest BCUT2D eigenvalue weighted by Gasteiger charge is 2.34.